The summed E-state index contributed by atoms with van der Waals surface area (Å²) in [7, 11) is -2.53. The van der Waals surface area contributed by atoms with E-state index < -0.39 is 26.5 Å². The van der Waals surface area contributed by atoms with Crippen LogP contribution in [0.5, 0.6) is 0 Å². The fraction of sp³-hybridized carbons (Fsp3) is 0.400. The van der Waals surface area contributed by atoms with Gasteiger partial charge in [-0.2, -0.15) is 0 Å². The molecule has 5 nitrogen and oxygen atoms in total. The van der Waals surface area contributed by atoms with Gasteiger partial charge in [0.25, 0.3) is 0 Å². The molecule has 0 bridgehead atoms. The summed E-state index contributed by atoms with van der Waals surface area (Å²) in [6.07, 6.45) is 2.79. The summed E-state index contributed by atoms with van der Waals surface area (Å²) in [4.78, 5) is 12.4. The van der Waals surface area contributed by atoms with Crippen LogP contribution in [-0.2, 0) is 19.4 Å². The molecule has 0 amide bonds. The van der Waals surface area contributed by atoms with Crippen molar-refractivity contribution in [2.45, 2.75) is 48.8 Å². The predicted molar refractivity (Wildman–Crippen MR) is 124 cm³/mol. The molecule has 168 valence electrons. The van der Waals surface area contributed by atoms with Gasteiger partial charge in [-0.1, -0.05) is 68.0 Å². The fourth-order valence-corrected chi connectivity index (χ4v) is 6.04. The summed E-state index contributed by atoms with van der Waals surface area (Å²) in [5.74, 6) is -0.910. The van der Waals surface area contributed by atoms with Gasteiger partial charge in [0, 0.05) is 12.6 Å². The van der Waals surface area contributed by atoms with E-state index in [1.54, 1.807) is 30.3 Å². The van der Waals surface area contributed by atoms with Crippen molar-refractivity contribution in [2.24, 2.45) is 5.92 Å². The lowest BCUT2D eigenvalue weighted by molar-refractivity contribution is -0.142. The first kappa shape index (κ1) is 24.8. The van der Waals surface area contributed by atoms with Gasteiger partial charge in [0.15, 0.2) is 9.84 Å². The van der Waals surface area contributed by atoms with Gasteiger partial charge in [-0.05, 0) is 37.0 Å². The fourth-order valence-electron chi connectivity index (χ4n) is 3.95. The lowest BCUT2D eigenvalue weighted by Crippen LogP contribution is -2.52. The lowest BCUT2D eigenvalue weighted by Gasteiger charge is -2.38. The predicted octanol–water partition coefficient (Wildman–Crippen LogP) is 4.72. The highest BCUT2D eigenvalue weighted by atomic mass is 32.2. The van der Waals surface area contributed by atoms with Gasteiger partial charge < -0.3 is 10.1 Å². The summed E-state index contributed by atoms with van der Waals surface area (Å²) in [6.45, 7) is 8.04. The van der Waals surface area contributed by atoms with E-state index in [4.69, 9.17) is 4.74 Å². The minimum Gasteiger partial charge on any atom is -0.469 e. The Morgan fingerprint density at radius 2 is 1.71 bits per heavy atom. The van der Waals surface area contributed by atoms with Gasteiger partial charge in [-0.25, -0.2) is 8.42 Å². The number of sulfone groups is 1. The van der Waals surface area contributed by atoms with E-state index in [1.807, 2.05) is 44.2 Å². The molecule has 0 unspecified atom stereocenters. The van der Waals surface area contributed by atoms with Crippen LogP contribution in [0.2, 0.25) is 0 Å². The summed E-state index contributed by atoms with van der Waals surface area (Å²) in [5, 5.41) is 3.39. The highest BCUT2D eigenvalue weighted by Crippen LogP contribution is 2.39. The molecule has 0 heterocycles. The summed E-state index contributed by atoms with van der Waals surface area (Å²) < 4.78 is 31.4. The van der Waals surface area contributed by atoms with E-state index in [9.17, 15) is 13.2 Å². The third-order valence-electron chi connectivity index (χ3n) is 5.85. The molecular weight excluding hydrogens is 410 g/mol. The Bertz CT molecular complexity index is 944. The molecule has 0 aliphatic heterocycles. The van der Waals surface area contributed by atoms with Gasteiger partial charge in [0.1, 0.15) is 4.75 Å². The number of ether oxygens (including phenoxy) is 1. The Hall–Kier alpha value is -2.44. The van der Waals surface area contributed by atoms with Gasteiger partial charge in [0.2, 0.25) is 0 Å². The van der Waals surface area contributed by atoms with Crippen molar-refractivity contribution in [3.63, 3.8) is 0 Å². The van der Waals surface area contributed by atoms with Crippen LogP contribution < -0.4 is 5.32 Å². The Kier molecular flexibility index (Phi) is 9.01. The summed E-state index contributed by atoms with van der Waals surface area (Å²) >= 11 is 0. The first-order valence-electron chi connectivity index (χ1n) is 10.6. The molecule has 0 spiro atoms. The van der Waals surface area contributed by atoms with Crippen LogP contribution in [0.4, 0.5) is 0 Å². The third kappa shape index (κ3) is 5.63. The second-order valence-corrected chi connectivity index (χ2v) is 9.99. The van der Waals surface area contributed by atoms with Gasteiger partial charge in [0.05, 0.1) is 18.4 Å². The Morgan fingerprint density at radius 1 is 1.13 bits per heavy atom. The summed E-state index contributed by atoms with van der Waals surface area (Å²) in [5.41, 5.74) is 1.05. The van der Waals surface area contributed by atoms with E-state index in [0.29, 0.717) is 6.42 Å². The molecule has 2 rings (SSSR count). The molecule has 2 aromatic carbocycles. The topological polar surface area (TPSA) is 72.5 Å². The second kappa shape index (κ2) is 11.3. The van der Waals surface area contributed by atoms with Gasteiger partial charge in [-0.15, -0.1) is 6.58 Å². The van der Waals surface area contributed by atoms with Crippen molar-refractivity contribution in [1.82, 2.24) is 5.32 Å². The number of esters is 1. The number of nitrogens with one attached hydrogen (secondary N) is 1. The number of rotatable bonds is 12. The van der Waals surface area contributed by atoms with Crippen molar-refractivity contribution in [3.05, 3.63) is 78.9 Å². The molecule has 2 aromatic rings. The molecule has 0 fully saturated rings. The Morgan fingerprint density at radius 3 is 2.23 bits per heavy atom. The Labute approximate surface area is 186 Å². The second-order valence-electron chi connectivity index (χ2n) is 7.75. The zero-order valence-electron chi connectivity index (χ0n) is 18.6. The lowest BCUT2D eigenvalue weighted by atomic mass is 9.84. The molecule has 3 atom stereocenters. The van der Waals surface area contributed by atoms with Crippen molar-refractivity contribution in [3.8, 4) is 0 Å². The standard InChI is InChI=1S/C25H33NO4S/c1-5-13-22(18-24(27)30-4)25(6-2,31(28,29)23-16-11-8-12-17-23)19-26-20(3)21-14-9-7-10-15-21/h6-12,14-17,20,22,26H,2,5,13,18-19H2,1,3-4H3/t20-,22+,25+/m0/s1. The molecule has 0 radical (unpaired) electrons. The van der Waals surface area contributed by atoms with Crippen LogP contribution in [0.3, 0.4) is 0 Å². The average Bonchev–Trinajstić information content (AvgIpc) is 2.80. The average molecular weight is 444 g/mol. The van der Waals surface area contributed by atoms with Gasteiger partial charge in [-0.3, -0.25) is 4.79 Å². The number of hydrogen-bond donors (Lipinski definition) is 1. The van der Waals surface area contributed by atoms with Crippen LogP contribution in [0.15, 0.2) is 78.2 Å². The normalized spacial score (nSPS) is 15.5. The smallest absolute Gasteiger partial charge is 0.305 e. The van der Waals surface area contributed by atoms with Crippen LogP contribution >= 0.6 is 0 Å². The highest BCUT2D eigenvalue weighted by molar-refractivity contribution is 7.93. The largest absolute Gasteiger partial charge is 0.469 e. The maximum atomic E-state index is 14.0. The molecular formula is C25H33NO4S. The molecule has 31 heavy (non-hydrogen) atoms. The number of hydrogen-bond acceptors (Lipinski definition) is 5. The molecule has 0 aliphatic carbocycles. The minimum atomic E-state index is -3.85. The van der Waals surface area contributed by atoms with Crippen LogP contribution in [-0.4, -0.2) is 32.8 Å². The van der Waals surface area contributed by atoms with Crippen molar-refractivity contribution >= 4 is 15.8 Å². The van der Waals surface area contributed by atoms with E-state index in [2.05, 4.69) is 11.9 Å². The van der Waals surface area contributed by atoms with Crippen molar-refractivity contribution in [2.75, 3.05) is 13.7 Å². The molecule has 1 N–H and O–H groups in total. The maximum absolute atomic E-state index is 14.0. The highest BCUT2D eigenvalue weighted by Gasteiger charge is 2.48. The van der Waals surface area contributed by atoms with Crippen LogP contribution in [0.1, 0.15) is 44.7 Å². The Balaban J connectivity index is 2.52. The van der Waals surface area contributed by atoms with Crippen molar-refractivity contribution < 1.29 is 17.9 Å². The van der Waals surface area contributed by atoms with E-state index in [1.165, 1.54) is 13.2 Å². The van der Waals surface area contributed by atoms with Crippen molar-refractivity contribution in [1.29, 1.82) is 0 Å². The molecule has 0 aromatic heterocycles. The first-order valence-corrected chi connectivity index (χ1v) is 12.1. The number of carbonyl (C=O) groups excluding carboxylic acids is 1. The SMILES string of the molecule is C=C[C@@](CN[C@@H](C)c1ccccc1)([C@H](CCC)CC(=O)OC)S(=O)(=O)c1ccccc1. The molecule has 0 aliphatic rings. The quantitative estimate of drug-likeness (QED) is 0.380. The molecule has 0 saturated heterocycles. The maximum Gasteiger partial charge on any atom is 0.305 e. The van der Waals surface area contributed by atoms with E-state index in [0.717, 1.165) is 12.0 Å². The van der Waals surface area contributed by atoms with E-state index in [-0.39, 0.29) is 23.9 Å². The van der Waals surface area contributed by atoms with Gasteiger partial charge >= 0.3 is 5.97 Å². The third-order valence-corrected chi connectivity index (χ3v) is 8.39. The molecule has 6 heteroatoms. The zero-order chi connectivity index (χ0) is 22.9. The van der Waals surface area contributed by atoms with Crippen LogP contribution in [0.25, 0.3) is 0 Å². The number of carbonyl (C=O) groups is 1. The monoisotopic (exact) mass is 443 g/mol. The number of benzene rings is 2. The molecule has 0 saturated carbocycles. The zero-order valence-corrected chi connectivity index (χ0v) is 19.4. The van der Waals surface area contributed by atoms with E-state index >= 15 is 0 Å². The first-order chi connectivity index (χ1) is 14.8. The minimum absolute atomic E-state index is 0.00379. The summed E-state index contributed by atoms with van der Waals surface area (Å²) in [6, 6.07) is 18.1. The number of methoxy groups -OCH3 is 1. The van der Waals surface area contributed by atoms with Crippen LogP contribution in [0, 0.1) is 5.92 Å².